The summed E-state index contributed by atoms with van der Waals surface area (Å²) in [4.78, 5) is 24.8. The van der Waals surface area contributed by atoms with Crippen LogP contribution in [0.25, 0.3) is 6.08 Å². The summed E-state index contributed by atoms with van der Waals surface area (Å²) < 4.78 is 5.41. The minimum absolute atomic E-state index is 0.0173. The fraction of sp³-hybridized carbons (Fsp3) is 0.538. The van der Waals surface area contributed by atoms with Crippen LogP contribution in [0, 0.1) is 0 Å². The number of amides is 1. The van der Waals surface area contributed by atoms with Gasteiger partial charge in [-0.3, -0.25) is 9.59 Å². The highest BCUT2D eigenvalue weighted by atomic mass is 16.5. The van der Waals surface area contributed by atoms with E-state index < -0.39 is 12.1 Å². The molecule has 2 saturated heterocycles. The molecule has 0 radical (unpaired) electrons. The van der Waals surface area contributed by atoms with Crippen LogP contribution in [0.3, 0.4) is 0 Å². The first kappa shape index (κ1) is 24.2. The SMILES string of the molecule is O=C(O)CCCCCCN1C(=O)CCC1C=CC(O)c1cccc(C=C2CCOCC2)c1. The van der Waals surface area contributed by atoms with Gasteiger partial charge in [-0.15, -0.1) is 0 Å². The lowest BCUT2D eigenvalue weighted by Gasteiger charge is -2.22. The van der Waals surface area contributed by atoms with E-state index in [2.05, 4.69) is 12.1 Å². The molecule has 1 aromatic rings. The van der Waals surface area contributed by atoms with Crippen LogP contribution >= 0.6 is 0 Å². The summed E-state index contributed by atoms with van der Waals surface area (Å²) in [6.45, 7) is 2.23. The Morgan fingerprint density at radius 3 is 2.72 bits per heavy atom. The number of unbranched alkanes of at least 4 members (excludes halogenated alkanes) is 3. The van der Waals surface area contributed by atoms with E-state index in [-0.39, 0.29) is 18.4 Å². The number of ether oxygens (including phenoxy) is 1. The number of aliphatic carboxylic acids is 1. The zero-order valence-electron chi connectivity index (χ0n) is 18.7. The summed E-state index contributed by atoms with van der Waals surface area (Å²) in [7, 11) is 0. The Kier molecular flexibility index (Phi) is 9.50. The monoisotopic (exact) mass is 441 g/mol. The molecule has 0 spiro atoms. The van der Waals surface area contributed by atoms with Gasteiger partial charge in [0.25, 0.3) is 0 Å². The van der Waals surface area contributed by atoms with Gasteiger partial charge in [0.1, 0.15) is 0 Å². The minimum Gasteiger partial charge on any atom is -0.481 e. The smallest absolute Gasteiger partial charge is 0.303 e. The lowest BCUT2D eigenvalue weighted by Crippen LogP contribution is -2.32. The van der Waals surface area contributed by atoms with Crippen molar-refractivity contribution < 1.29 is 24.5 Å². The maximum atomic E-state index is 12.3. The van der Waals surface area contributed by atoms with Crippen LogP contribution in [0.1, 0.15) is 75.0 Å². The molecule has 2 N–H and O–H groups in total. The van der Waals surface area contributed by atoms with Gasteiger partial charge < -0.3 is 19.8 Å². The van der Waals surface area contributed by atoms with Gasteiger partial charge in [0, 0.05) is 19.4 Å². The molecule has 2 atom stereocenters. The van der Waals surface area contributed by atoms with Crippen LogP contribution < -0.4 is 0 Å². The lowest BCUT2D eigenvalue weighted by atomic mass is 10.0. The van der Waals surface area contributed by atoms with E-state index in [9.17, 15) is 14.7 Å². The van der Waals surface area contributed by atoms with E-state index in [1.165, 1.54) is 5.57 Å². The Balaban J connectivity index is 1.52. The van der Waals surface area contributed by atoms with Crippen molar-refractivity contribution in [3.05, 3.63) is 53.1 Å². The minimum atomic E-state index is -0.755. The Morgan fingerprint density at radius 1 is 1.16 bits per heavy atom. The van der Waals surface area contributed by atoms with E-state index in [0.717, 1.165) is 62.9 Å². The topological polar surface area (TPSA) is 87.1 Å². The van der Waals surface area contributed by atoms with E-state index in [0.29, 0.717) is 19.4 Å². The molecule has 2 unspecified atom stereocenters. The molecule has 3 rings (SSSR count). The molecule has 0 aromatic heterocycles. The highest BCUT2D eigenvalue weighted by molar-refractivity contribution is 5.79. The second kappa shape index (κ2) is 12.6. The molecule has 6 nitrogen and oxygen atoms in total. The van der Waals surface area contributed by atoms with Crippen molar-refractivity contribution in [3.8, 4) is 0 Å². The van der Waals surface area contributed by atoms with Gasteiger partial charge in [0.15, 0.2) is 0 Å². The van der Waals surface area contributed by atoms with Crippen LogP contribution in [0.5, 0.6) is 0 Å². The van der Waals surface area contributed by atoms with E-state index in [1.807, 2.05) is 29.2 Å². The van der Waals surface area contributed by atoms with Gasteiger partial charge in [-0.2, -0.15) is 0 Å². The fourth-order valence-electron chi connectivity index (χ4n) is 4.35. The lowest BCUT2D eigenvalue weighted by molar-refractivity contribution is -0.137. The Bertz CT molecular complexity index is 823. The standard InChI is InChI=1S/C26H35NO5/c28-24(22-7-5-6-21(19-22)18-20-13-16-32-17-14-20)11-9-23-10-12-25(29)27(23)15-4-2-1-3-8-26(30)31/h5-7,9,11,18-19,23-24,28H,1-4,8,10,12-17H2,(H,30,31). The third-order valence-corrected chi connectivity index (χ3v) is 6.19. The van der Waals surface area contributed by atoms with Crippen molar-refractivity contribution >= 4 is 18.0 Å². The Hall–Kier alpha value is -2.44. The van der Waals surface area contributed by atoms with Gasteiger partial charge in [-0.25, -0.2) is 0 Å². The van der Waals surface area contributed by atoms with Crippen molar-refractivity contribution in [2.24, 2.45) is 0 Å². The molecular weight excluding hydrogens is 406 g/mol. The first-order chi connectivity index (χ1) is 15.5. The number of carbonyl (C=O) groups is 2. The van der Waals surface area contributed by atoms with Crippen molar-refractivity contribution in [1.82, 2.24) is 4.90 Å². The summed E-state index contributed by atoms with van der Waals surface area (Å²) >= 11 is 0. The number of carboxylic acids is 1. The van der Waals surface area contributed by atoms with Gasteiger partial charge in [0.05, 0.1) is 25.4 Å². The maximum absolute atomic E-state index is 12.3. The molecular formula is C26H35NO5. The first-order valence-corrected chi connectivity index (χ1v) is 11.8. The molecule has 1 amide bonds. The molecule has 2 fully saturated rings. The molecule has 174 valence electrons. The predicted molar refractivity (Wildman–Crippen MR) is 124 cm³/mol. The van der Waals surface area contributed by atoms with Crippen LogP contribution in [-0.2, 0) is 14.3 Å². The highest BCUT2D eigenvalue weighted by Crippen LogP contribution is 2.24. The van der Waals surface area contributed by atoms with Crippen molar-refractivity contribution in [1.29, 1.82) is 0 Å². The number of likely N-dealkylation sites (tertiary alicyclic amines) is 1. The van der Waals surface area contributed by atoms with Gasteiger partial charge >= 0.3 is 5.97 Å². The van der Waals surface area contributed by atoms with Crippen molar-refractivity contribution in [2.75, 3.05) is 19.8 Å². The number of hydrogen-bond acceptors (Lipinski definition) is 4. The summed E-state index contributed by atoms with van der Waals surface area (Å²) in [6, 6.07) is 7.98. The number of carbonyl (C=O) groups excluding carboxylic acids is 1. The van der Waals surface area contributed by atoms with E-state index in [1.54, 1.807) is 6.08 Å². The number of benzene rings is 1. The van der Waals surface area contributed by atoms with Crippen LogP contribution in [-0.4, -0.2) is 52.8 Å². The number of aliphatic hydroxyl groups excluding tert-OH is 1. The van der Waals surface area contributed by atoms with Gasteiger partial charge in [0.2, 0.25) is 5.91 Å². The second-order valence-electron chi connectivity index (χ2n) is 8.67. The summed E-state index contributed by atoms with van der Waals surface area (Å²) in [6.07, 6.45) is 12.0. The summed E-state index contributed by atoms with van der Waals surface area (Å²) in [5, 5.41) is 19.4. The molecule has 0 bridgehead atoms. The zero-order valence-corrected chi connectivity index (χ0v) is 18.7. The number of carboxylic acid groups (broad SMARTS) is 1. The Labute approximate surface area is 190 Å². The first-order valence-electron chi connectivity index (χ1n) is 11.8. The number of rotatable bonds is 11. The zero-order chi connectivity index (χ0) is 22.8. The average Bonchev–Trinajstić information content (AvgIpc) is 3.14. The van der Waals surface area contributed by atoms with Gasteiger partial charge in [-0.1, -0.05) is 54.8 Å². The normalized spacial score (nSPS) is 20.2. The predicted octanol–water partition coefficient (Wildman–Crippen LogP) is 4.50. The second-order valence-corrected chi connectivity index (χ2v) is 8.67. The number of aliphatic hydroxyl groups is 1. The average molecular weight is 442 g/mol. The molecule has 6 heteroatoms. The molecule has 1 aromatic carbocycles. The maximum Gasteiger partial charge on any atom is 0.303 e. The van der Waals surface area contributed by atoms with Crippen LogP contribution in [0.15, 0.2) is 42.0 Å². The molecule has 0 aliphatic carbocycles. The number of hydrogen-bond donors (Lipinski definition) is 2. The third kappa shape index (κ3) is 7.61. The largest absolute Gasteiger partial charge is 0.481 e. The van der Waals surface area contributed by atoms with E-state index in [4.69, 9.17) is 9.84 Å². The summed E-state index contributed by atoms with van der Waals surface area (Å²) in [5.74, 6) is -0.598. The van der Waals surface area contributed by atoms with E-state index >= 15 is 0 Å². The third-order valence-electron chi connectivity index (χ3n) is 6.19. The quantitative estimate of drug-likeness (QED) is 0.390. The molecule has 0 saturated carbocycles. The molecule has 32 heavy (non-hydrogen) atoms. The highest BCUT2D eigenvalue weighted by Gasteiger charge is 2.28. The fourth-order valence-corrected chi connectivity index (χ4v) is 4.35. The van der Waals surface area contributed by atoms with Crippen molar-refractivity contribution in [2.45, 2.75) is 69.9 Å². The van der Waals surface area contributed by atoms with Gasteiger partial charge in [-0.05, 0) is 49.3 Å². The van der Waals surface area contributed by atoms with Crippen LogP contribution in [0.2, 0.25) is 0 Å². The summed E-state index contributed by atoms with van der Waals surface area (Å²) in [5.41, 5.74) is 3.31. The van der Waals surface area contributed by atoms with Crippen LogP contribution in [0.4, 0.5) is 0 Å². The molecule has 2 aliphatic heterocycles. The van der Waals surface area contributed by atoms with Crippen molar-refractivity contribution in [3.63, 3.8) is 0 Å². The number of nitrogens with zero attached hydrogens (tertiary/aromatic N) is 1. The molecule has 2 aliphatic rings. The Morgan fingerprint density at radius 2 is 1.94 bits per heavy atom. The molecule has 2 heterocycles.